The lowest BCUT2D eigenvalue weighted by Gasteiger charge is -2.46. The van der Waals surface area contributed by atoms with E-state index in [2.05, 4.69) is 0 Å². The summed E-state index contributed by atoms with van der Waals surface area (Å²) in [5, 5.41) is 0. The average molecular weight is 580 g/mol. The minimum atomic E-state index is -5.46. The number of halogens is 7. The fraction of sp³-hybridized carbons (Fsp3) is 0.423. The van der Waals surface area contributed by atoms with Crippen LogP contribution in [0, 0.1) is 5.82 Å². The third kappa shape index (κ3) is 5.78. The van der Waals surface area contributed by atoms with E-state index in [1.54, 1.807) is 18.2 Å². The van der Waals surface area contributed by atoms with E-state index in [0.29, 0.717) is 24.8 Å². The topological polar surface area (TPSA) is 63.7 Å². The summed E-state index contributed by atoms with van der Waals surface area (Å²) in [6.07, 6.45) is -9.02. The highest BCUT2D eigenvalue weighted by Gasteiger charge is 2.66. The lowest BCUT2D eigenvalue weighted by Crippen LogP contribution is -2.61. The van der Waals surface area contributed by atoms with Crippen molar-refractivity contribution in [2.45, 2.75) is 56.4 Å². The van der Waals surface area contributed by atoms with Crippen LogP contribution in [0.1, 0.15) is 47.9 Å². The van der Waals surface area contributed by atoms with Gasteiger partial charge in [-0.05, 0) is 60.1 Å². The summed E-state index contributed by atoms with van der Waals surface area (Å²) < 4.78 is 127. The molecule has 0 bridgehead atoms. The summed E-state index contributed by atoms with van der Waals surface area (Å²) in [4.78, 5) is 13.1. The number of fused-ring (bicyclic) bond motifs is 1. The summed E-state index contributed by atoms with van der Waals surface area (Å²) in [6, 6.07) is 7.04. The quantitative estimate of drug-likeness (QED) is 0.295. The Hall–Kier alpha value is -3.09. The molecule has 39 heavy (non-hydrogen) atoms. The van der Waals surface area contributed by atoms with Crippen molar-refractivity contribution in [2.24, 2.45) is 0 Å². The predicted molar refractivity (Wildman–Crippen MR) is 128 cm³/mol. The van der Waals surface area contributed by atoms with Gasteiger partial charge in [0, 0.05) is 30.5 Å². The normalized spacial score (nSPS) is 20.2. The van der Waals surface area contributed by atoms with Crippen LogP contribution in [0.5, 0.6) is 5.75 Å². The molecule has 0 saturated heterocycles. The van der Waals surface area contributed by atoms with Gasteiger partial charge < -0.3 is 4.74 Å². The fourth-order valence-corrected chi connectivity index (χ4v) is 6.37. The molecule has 0 spiro atoms. The Morgan fingerprint density at radius 1 is 1.00 bits per heavy atom. The SMILES string of the molecule is CS(=O)(=O)N1C(=O)C=C(c2ccc3c(c2)CCC3)CC1(c1ccc(OCCCC(F)(F)F)cc1F)C(F)(F)F. The van der Waals surface area contributed by atoms with Crippen LogP contribution in [0.4, 0.5) is 30.7 Å². The van der Waals surface area contributed by atoms with E-state index in [-0.39, 0.29) is 21.2 Å². The number of benzene rings is 2. The Balaban J connectivity index is 1.79. The van der Waals surface area contributed by atoms with Crippen LogP contribution in [0.3, 0.4) is 0 Å². The number of aryl methyl sites for hydroxylation is 2. The van der Waals surface area contributed by atoms with Crippen LogP contribution in [0.25, 0.3) is 5.57 Å². The van der Waals surface area contributed by atoms with Gasteiger partial charge in [-0.3, -0.25) is 4.79 Å². The van der Waals surface area contributed by atoms with E-state index < -0.39 is 71.1 Å². The Labute approximate surface area is 220 Å². The molecule has 4 rings (SSSR count). The first-order chi connectivity index (χ1) is 18.0. The van der Waals surface area contributed by atoms with E-state index >= 15 is 4.39 Å². The molecule has 13 heteroatoms. The molecule has 1 amide bonds. The highest BCUT2D eigenvalue weighted by molar-refractivity contribution is 7.89. The maximum atomic E-state index is 15.4. The molecule has 0 aromatic heterocycles. The largest absolute Gasteiger partial charge is 0.493 e. The van der Waals surface area contributed by atoms with Gasteiger partial charge in [-0.15, -0.1) is 0 Å². The molecule has 0 fully saturated rings. The summed E-state index contributed by atoms with van der Waals surface area (Å²) in [7, 11) is -4.87. The van der Waals surface area contributed by atoms with Crippen LogP contribution < -0.4 is 4.74 Å². The fourth-order valence-electron chi connectivity index (χ4n) is 5.15. The average Bonchev–Trinajstić information content (AvgIpc) is 3.27. The van der Waals surface area contributed by atoms with Crippen molar-refractivity contribution in [1.29, 1.82) is 0 Å². The molecule has 1 unspecified atom stereocenters. The van der Waals surface area contributed by atoms with Gasteiger partial charge in [0.1, 0.15) is 11.6 Å². The van der Waals surface area contributed by atoms with E-state index in [1.807, 2.05) is 0 Å². The van der Waals surface area contributed by atoms with Gasteiger partial charge in [-0.25, -0.2) is 17.1 Å². The molecule has 5 nitrogen and oxygen atoms in total. The Kier molecular flexibility index (Phi) is 7.52. The molecule has 0 saturated carbocycles. The first-order valence-corrected chi connectivity index (χ1v) is 13.8. The van der Waals surface area contributed by atoms with Gasteiger partial charge >= 0.3 is 12.4 Å². The third-order valence-electron chi connectivity index (χ3n) is 6.82. The van der Waals surface area contributed by atoms with Crippen molar-refractivity contribution in [1.82, 2.24) is 4.31 Å². The number of carbonyl (C=O) groups excluding carboxylic acids is 1. The van der Waals surface area contributed by atoms with Crippen LogP contribution in [-0.2, 0) is 33.2 Å². The molecule has 212 valence electrons. The zero-order chi connectivity index (χ0) is 28.8. The monoisotopic (exact) mass is 579 g/mol. The number of rotatable bonds is 7. The number of ether oxygens (including phenoxy) is 1. The number of alkyl halides is 6. The lowest BCUT2D eigenvalue weighted by molar-refractivity contribution is -0.222. The van der Waals surface area contributed by atoms with Crippen molar-refractivity contribution < 1.29 is 48.7 Å². The molecular weight excluding hydrogens is 555 g/mol. The molecule has 0 N–H and O–H groups in total. The standard InChI is InChI=1S/C26H24F7NO4S/c1-39(36,37)34-23(35)13-19(18-7-6-16-4-2-5-17(16)12-18)15-24(34,26(31,32)33)21-9-8-20(14-22(21)27)38-11-3-10-25(28,29)30/h6-9,12-14H,2-5,10-11,15H2,1H3. The van der Waals surface area contributed by atoms with Crippen molar-refractivity contribution in [3.05, 3.63) is 70.5 Å². The predicted octanol–water partition coefficient (Wildman–Crippen LogP) is 6.07. The molecule has 2 aliphatic rings. The highest BCUT2D eigenvalue weighted by atomic mass is 32.2. The first-order valence-electron chi connectivity index (χ1n) is 12.0. The Morgan fingerprint density at radius 2 is 1.69 bits per heavy atom. The van der Waals surface area contributed by atoms with Crippen molar-refractivity contribution in [3.63, 3.8) is 0 Å². The highest BCUT2D eigenvalue weighted by Crippen LogP contribution is 2.53. The molecule has 0 radical (unpaired) electrons. The molecule has 2 aromatic rings. The van der Waals surface area contributed by atoms with E-state index in [0.717, 1.165) is 36.1 Å². The minimum Gasteiger partial charge on any atom is -0.493 e. The van der Waals surface area contributed by atoms with Gasteiger partial charge in [0.2, 0.25) is 10.0 Å². The van der Waals surface area contributed by atoms with E-state index in [4.69, 9.17) is 4.74 Å². The molecule has 2 aromatic carbocycles. The number of hydrogen-bond donors (Lipinski definition) is 0. The van der Waals surface area contributed by atoms with E-state index in [9.17, 15) is 39.6 Å². The second kappa shape index (κ2) is 10.1. The zero-order valence-corrected chi connectivity index (χ0v) is 21.4. The van der Waals surface area contributed by atoms with Crippen LogP contribution in [-0.4, -0.2) is 43.8 Å². The zero-order valence-electron chi connectivity index (χ0n) is 20.6. The number of nitrogens with zero attached hydrogens (tertiary/aromatic N) is 1. The molecular formula is C26H24F7NO4S. The molecule has 1 atom stereocenters. The number of carbonyl (C=O) groups is 1. The number of amides is 1. The van der Waals surface area contributed by atoms with Gasteiger partial charge in [-0.2, -0.15) is 26.3 Å². The van der Waals surface area contributed by atoms with Crippen LogP contribution in [0.15, 0.2) is 42.5 Å². The summed E-state index contributed by atoms with van der Waals surface area (Å²) >= 11 is 0. The summed E-state index contributed by atoms with van der Waals surface area (Å²) in [5.74, 6) is -3.36. The number of sulfonamides is 1. The van der Waals surface area contributed by atoms with Gasteiger partial charge in [0.25, 0.3) is 5.91 Å². The third-order valence-corrected chi connectivity index (χ3v) is 7.98. The molecule has 1 aliphatic carbocycles. The molecule has 1 aliphatic heterocycles. The Morgan fingerprint density at radius 3 is 2.31 bits per heavy atom. The summed E-state index contributed by atoms with van der Waals surface area (Å²) in [5.41, 5.74) is -2.65. The molecule has 1 heterocycles. The van der Waals surface area contributed by atoms with Gasteiger partial charge in [0.15, 0.2) is 5.54 Å². The van der Waals surface area contributed by atoms with Crippen molar-refractivity contribution in [2.75, 3.05) is 12.9 Å². The van der Waals surface area contributed by atoms with Gasteiger partial charge in [0.05, 0.1) is 12.9 Å². The lowest BCUT2D eigenvalue weighted by atomic mass is 9.78. The van der Waals surface area contributed by atoms with Crippen molar-refractivity contribution >= 4 is 21.5 Å². The smallest absolute Gasteiger partial charge is 0.417 e. The van der Waals surface area contributed by atoms with Crippen molar-refractivity contribution in [3.8, 4) is 5.75 Å². The second-order valence-corrected chi connectivity index (χ2v) is 11.4. The maximum absolute atomic E-state index is 15.4. The maximum Gasteiger partial charge on any atom is 0.417 e. The number of hydrogen-bond acceptors (Lipinski definition) is 4. The Bertz CT molecular complexity index is 1420. The van der Waals surface area contributed by atoms with Crippen LogP contribution in [0.2, 0.25) is 0 Å². The van der Waals surface area contributed by atoms with Crippen LogP contribution >= 0.6 is 0 Å². The first kappa shape index (κ1) is 28.9. The van der Waals surface area contributed by atoms with Gasteiger partial charge in [-0.1, -0.05) is 18.2 Å². The second-order valence-electron chi connectivity index (χ2n) is 9.62. The minimum absolute atomic E-state index is 0.112. The van der Waals surface area contributed by atoms with E-state index in [1.165, 1.54) is 0 Å². The summed E-state index contributed by atoms with van der Waals surface area (Å²) in [6.45, 7) is -0.484.